The van der Waals surface area contributed by atoms with Gasteiger partial charge in [0.05, 0.1) is 11.2 Å². The molecular weight excluding hydrogens is 326 g/mol. The van der Waals surface area contributed by atoms with E-state index in [4.69, 9.17) is 4.98 Å². The minimum absolute atomic E-state index is 0.561. The van der Waals surface area contributed by atoms with Crippen molar-refractivity contribution in [2.45, 2.75) is 25.2 Å². The van der Waals surface area contributed by atoms with Crippen LogP contribution in [0, 0.1) is 0 Å². The van der Waals surface area contributed by atoms with E-state index in [0.717, 1.165) is 33.8 Å². The molecule has 1 aliphatic rings. The van der Waals surface area contributed by atoms with Gasteiger partial charge in [0.1, 0.15) is 10.4 Å². The minimum Gasteiger partial charge on any atom is -0.252 e. The first-order chi connectivity index (χ1) is 10.3. The maximum Gasteiger partial charge on any atom is 0.132 e. The number of hydrogen-bond acceptors (Lipinski definition) is 3. The molecule has 0 bridgehead atoms. The van der Waals surface area contributed by atoms with Crippen molar-refractivity contribution in [3.05, 3.63) is 64.3 Å². The smallest absolute Gasteiger partial charge is 0.132 e. The Bertz CT molecular complexity index is 812. The summed E-state index contributed by atoms with van der Waals surface area (Å²) in [6.07, 6.45) is 3.17. The second-order valence-electron chi connectivity index (χ2n) is 5.49. The third-order valence-electron chi connectivity index (χ3n) is 3.73. The Labute approximate surface area is 131 Å². The van der Waals surface area contributed by atoms with Gasteiger partial charge in [-0.25, -0.2) is 9.97 Å². The summed E-state index contributed by atoms with van der Waals surface area (Å²) in [7, 11) is 0. The summed E-state index contributed by atoms with van der Waals surface area (Å²) in [6.45, 7) is 0. The second kappa shape index (κ2) is 5.19. The lowest BCUT2D eigenvalue weighted by atomic mass is 10.1. The van der Waals surface area contributed by atoms with Gasteiger partial charge in [-0.3, -0.25) is 4.98 Å². The van der Waals surface area contributed by atoms with E-state index >= 15 is 0 Å². The number of aromatic nitrogens is 3. The minimum atomic E-state index is 0.561. The molecule has 0 aliphatic heterocycles. The van der Waals surface area contributed by atoms with Gasteiger partial charge in [0.15, 0.2) is 0 Å². The van der Waals surface area contributed by atoms with Crippen LogP contribution in [-0.4, -0.2) is 15.0 Å². The molecule has 104 valence electrons. The Balaban J connectivity index is 1.67. The van der Waals surface area contributed by atoms with E-state index in [1.165, 1.54) is 18.2 Å². The first-order valence-corrected chi connectivity index (χ1v) is 7.95. The molecule has 0 atom stereocenters. The van der Waals surface area contributed by atoms with Gasteiger partial charge in [-0.05, 0) is 47.0 Å². The normalized spacial score (nSPS) is 14.5. The lowest BCUT2D eigenvalue weighted by Gasteiger charge is -2.05. The Hall–Kier alpha value is -1.81. The summed E-state index contributed by atoms with van der Waals surface area (Å²) >= 11 is 3.49. The highest BCUT2D eigenvalue weighted by Crippen LogP contribution is 2.38. The predicted octanol–water partition coefficient (Wildman–Crippen LogP) is 4.26. The van der Waals surface area contributed by atoms with E-state index in [1.807, 2.05) is 24.3 Å². The average Bonchev–Trinajstić information content (AvgIpc) is 3.31. The fourth-order valence-electron chi connectivity index (χ4n) is 2.49. The van der Waals surface area contributed by atoms with Crippen molar-refractivity contribution in [1.82, 2.24) is 15.0 Å². The molecule has 4 heteroatoms. The summed E-state index contributed by atoms with van der Waals surface area (Å²) in [6, 6.07) is 14.4. The van der Waals surface area contributed by atoms with Crippen LogP contribution in [0.2, 0.25) is 0 Å². The highest BCUT2D eigenvalue weighted by atomic mass is 79.9. The molecule has 0 unspecified atom stereocenters. The fraction of sp³-hybridized carbons (Fsp3) is 0.235. The molecule has 4 rings (SSSR count). The van der Waals surface area contributed by atoms with Crippen LogP contribution in [0.5, 0.6) is 0 Å². The van der Waals surface area contributed by atoms with Gasteiger partial charge in [-0.2, -0.15) is 0 Å². The number of hydrogen-bond donors (Lipinski definition) is 0. The van der Waals surface area contributed by atoms with Gasteiger partial charge < -0.3 is 0 Å². The molecule has 1 aromatic carbocycles. The molecule has 0 saturated heterocycles. The van der Waals surface area contributed by atoms with E-state index in [2.05, 4.69) is 44.1 Å². The zero-order valence-corrected chi connectivity index (χ0v) is 13.0. The van der Waals surface area contributed by atoms with Crippen molar-refractivity contribution in [3.8, 4) is 0 Å². The van der Waals surface area contributed by atoms with Crippen LogP contribution in [0.4, 0.5) is 0 Å². The average molecular weight is 340 g/mol. The third kappa shape index (κ3) is 2.81. The summed E-state index contributed by atoms with van der Waals surface area (Å²) in [5, 5.41) is 1.17. The quantitative estimate of drug-likeness (QED) is 0.669. The highest BCUT2D eigenvalue weighted by molar-refractivity contribution is 9.10. The van der Waals surface area contributed by atoms with Crippen LogP contribution in [0.25, 0.3) is 10.9 Å². The number of nitrogens with zero attached hydrogens (tertiary/aromatic N) is 3. The maximum atomic E-state index is 4.71. The summed E-state index contributed by atoms with van der Waals surface area (Å²) in [4.78, 5) is 13.9. The fourth-order valence-corrected chi connectivity index (χ4v) is 2.94. The maximum absolute atomic E-state index is 4.71. The molecule has 2 aromatic heterocycles. The van der Waals surface area contributed by atoms with Gasteiger partial charge >= 0.3 is 0 Å². The SMILES string of the molecule is Brc1cc(Cc2ccc3ccccc3n2)nc(C2CC2)n1. The van der Waals surface area contributed by atoms with Gasteiger partial charge in [0.25, 0.3) is 0 Å². The van der Waals surface area contributed by atoms with Crippen molar-refractivity contribution in [2.24, 2.45) is 0 Å². The molecule has 2 heterocycles. The first-order valence-electron chi connectivity index (χ1n) is 7.16. The number of benzene rings is 1. The second-order valence-corrected chi connectivity index (χ2v) is 6.30. The molecule has 0 radical (unpaired) electrons. The molecule has 0 amide bonds. The van der Waals surface area contributed by atoms with E-state index in [1.54, 1.807) is 0 Å². The Morgan fingerprint density at radius 3 is 2.67 bits per heavy atom. The summed E-state index contributed by atoms with van der Waals surface area (Å²) < 4.78 is 0.871. The monoisotopic (exact) mass is 339 g/mol. The molecule has 1 fully saturated rings. The van der Waals surface area contributed by atoms with E-state index < -0.39 is 0 Å². The lowest BCUT2D eigenvalue weighted by Crippen LogP contribution is -2.01. The van der Waals surface area contributed by atoms with Crippen molar-refractivity contribution in [2.75, 3.05) is 0 Å². The topological polar surface area (TPSA) is 38.7 Å². The number of para-hydroxylation sites is 1. The molecule has 0 spiro atoms. The molecule has 3 aromatic rings. The summed E-state index contributed by atoms with van der Waals surface area (Å²) in [5.41, 5.74) is 3.10. The van der Waals surface area contributed by atoms with Crippen molar-refractivity contribution < 1.29 is 0 Å². The molecule has 1 saturated carbocycles. The zero-order valence-electron chi connectivity index (χ0n) is 11.5. The number of rotatable bonds is 3. The molecule has 1 aliphatic carbocycles. The number of fused-ring (bicyclic) bond motifs is 1. The molecular formula is C17H14BrN3. The van der Waals surface area contributed by atoms with Gasteiger partial charge in [0, 0.05) is 23.4 Å². The molecule has 21 heavy (non-hydrogen) atoms. The van der Waals surface area contributed by atoms with Crippen molar-refractivity contribution >= 4 is 26.8 Å². The first kappa shape index (κ1) is 12.9. The highest BCUT2D eigenvalue weighted by Gasteiger charge is 2.27. The Morgan fingerprint density at radius 1 is 0.952 bits per heavy atom. The van der Waals surface area contributed by atoms with Crippen molar-refractivity contribution in [3.63, 3.8) is 0 Å². The van der Waals surface area contributed by atoms with Gasteiger partial charge in [-0.1, -0.05) is 24.3 Å². The van der Waals surface area contributed by atoms with Crippen molar-refractivity contribution in [1.29, 1.82) is 0 Å². The van der Waals surface area contributed by atoms with Crippen LogP contribution in [0.3, 0.4) is 0 Å². The standard InChI is InChI=1S/C17H14BrN3/c18-16-10-14(20-17(21-16)12-5-6-12)9-13-8-7-11-3-1-2-4-15(11)19-13/h1-4,7-8,10,12H,5-6,9H2. The molecule has 3 nitrogen and oxygen atoms in total. The van der Waals surface area contributed by atoms with E-state index in [9.17, 15) is 0 Å². The van der Waals surface area contributed by atoms with Gasteiger partial charge in [0.2, 0.25) is 0 Å². The van der Waals surface area contributed by atoms with Crippen LogP contribution in [0.15, 0.2) is 47.1 Å². The molecule has 0 N–H and O–H groups in total. The Morgan fingerprint density at radius 2 is 1.81 bits per heavy atom. The number of pyridine rings is 1. The van der Waals surface area contributed by atoms with Crippen LogP contribution >= 0.6 is 15.9 Å². The van der Waals surface area contributed by atoms with Crippen LogP contribution in [-0.2, 0) is 6.42 Å². The van der Waals surface area contributed by atoms with E-state index in [-0.39, 0.29) is 0 Å². The van der Waals surface area contributed by atoms with Gasteiger partial charge in [-0.15, -0.1) is 0 Å². The largest absolute Gasteiger partial charge is 0.252 e. The van der Waals surface area contributed by atoms with Crippen LogP contribution < -0.4 is 0 Å². The summed E-state index contributed by atoms with van der Waals surface area (Å²) in [5.74, 6) is 1.53. The zero-order chi connectivity index (χ0) is 14.2. The lowest BCUT2D eigenvalue weighted by molar-refractivity contribution is 0.871. The van der Waals surface area contributed by atoms with Crippen LogP contribution in [0.1, 0.15) is 36.0 Å². The Kier molecular flexibility index (Phi) is 3.19. The predicted molar refractivity (Wildman–Crippen MR) is 86.3 cm³/mol. The van der Waals surface area contributed by atoms with E-state index in [0.29, 0.717) is 5.92 Å². The number of halogens is 1. The third-order valence-corrected chi connectivity index (χ3v) is 4.13.